The highest BCUT2D eigenvalue weighted by Gasteiger charge is 2.33. The summed E-state index contributed by atoms with van der Waals surface area (Å²) in [4.78, 5) is 23.7. The fourth-order valence-corrected chi connectivity index (χ4v) is 3.74. The number of esters is 1. The van der Waals surface area contributed by atoms with Crippen LogP contribution in [0, 0.1) is 17.2 Å². The third-order valence-corrected chi connectivity index (χ3v) is 5.15. The van der Waals surface area contributed by atoms with Crippen LogP contribution < -0.4 is 5.32 Å². The number of nitrogens with zero attached hydrogens (tertiary/aromatic N) is 1. The van der Waals surface area contributed by atoms with E-state index >= 15 is 0 Å². The van der Waals surface area contributed by atoms with Crippen LogP contribution in [0.25, 0.3) is 0 Å². The topological polar surface area (TPSA) is 79.2 Å². The highest BCUT2D eigenvalue weighted by Crippen LogP contribution is 2.28. The maximum atomic E-state index is 11.9. The first-order valence-electron chi connectivity index (χ1n) is 9.01. The molecule has 1 N–H and O–H groups in total. The molecule has 2 fully saturated rings. The van der Waals surface area contributed by atoms with Gasteiger partial charge in [0, 0.05) is 6.42 Å². The first kappa shape index (κ1) is 17.8. The van der Waals surface area contributed by atoms with Crippen LogP contribution in [-0.2, 0) is 14.3 Å². The van der Waals surface area contributed by atoms with Crippen LogP contribution in [0.3, 0.4) is 0 Å². The molecule has 5 nitrogen and oxygen atoms in total. The van der Waals surface area contributed by atoms with E-state index in [9.17, 15) is 14.9 Å². The van der Waals surface area contributed by atoms with Crippen molar-refractivity contribution < 1.29 is 14.3 Å². The Kier molecular flexibility index (Phi) is 6.88. The van der Waals surface area contributed by atoms with Gasteiger partial charge in [-0.15, -0.1) is 0 Å². The number of rotatable bonds is 6. The van der Waals surface area contributed by atoms with Crippen molar-refractivity contribution >= 4 is 11.9 Å². The molecule has 2 saturated carbocycles. The van der Waals surface area contributed by atoms with Crippen molar-refractivity contribution in [3.63, 3.8) is 0 Å². The molecule has 2 rings (SSSR count). The summed E-state index contributed by atoms with van der Waals surface area (Å²) in [6.07, 6.45) is 11.9. The smallest absolute Gasteiger partial charge is 0.306 e. The van der Waals surface area contributed by atoms with Crippen molar-refractivity contribution in [2.45, 2.75) is 82.6 Å². The number of nitriles is 1. The van der Waals surface area contributed by atoms with E-state index < -0.39 is 5.54 Å². The first-order valence-corrected chi connectivity index (χ1v) is 9.01. The van der Waals surface area contributed by atoms with E-state index in [1.807, 2.05) is 0 Å². The third kappa shape index (κ3) is 5.85. The average molecular weight is 320 g/mol. The van der Waals surface area contributed by atoms with Crippen LogP contribution >= 0.6 is 0 Å². The van der Waals surface area contributed by atoms with Gasteiger partial charge in [0.1, 0.15) is 5.54 Å². The molecule has 2 aliphatic carbocycles. The standard InChI is InChI=1S/C18H28N2O3/c19-14-18(11-5-2-6-12-18)20-16(21)13-23-17(22)10-9-15-7-3-1-4-8-15/h15H,1-13H2,(H,20,21). The molecular weight excluding hydrogens is 292 g/mol. The van der Waals surface area contributed by atoms with Crippen molar-refractivity contribution in [1.29, 1.82) is 5.26 Å². The molecular formula is C18H28N2O3. The molecule has 0 radical (unpaired) electrons. The lowest BCUT2D eigenvalue weighted by Gasteiger charge is -2.31. The van der Waals surface area contributed by atoms with Crippen LogP contribution in [0.4, 0.5) is 0 Å². The van der Waals surface area contributed by atoms with Crippen molar-refractivity contribution in [1.82, 2.24) is 5.32 Å². The van der Waals surface area contributed by atoms with Crippen molar-refractivity contribution in [2.75, 3.05) is 6.61 Å². The monoisotopic (exact) mass is 320 g/mol. The molecule has 0 aromatic rings. The lowest BCUT2D eigenvalue weighted by molar-refractivity contribution is -0.149. The zero-order valence-corrected chi connectivity index (χ0v) is 13.9. The summed E-state index contributed by atoms with van der Waals surface area (Å²) in [7, 11) is 0. The average Bonchev–Trinajstić information content (AvgIpc) is 2.60. The van der Waals surface area contributed by atoms with E-state index in [1.54, 1.807) is 0 Å². The molecule has 0 unspecified atom stereocenters. The van der Waals surface area contributed by atoms with Gasteiger partial charge in [0.05, 0.1) is 6.07 Å². The Morgan fingerprint density at radius 2 is 1.74 bits per heavy atom. The fraction of sp³-hybridized carbons (Fsp3) is 0.833. The largest absolute Gasteiger partial charge is 0.456 e. The minimum Gasteiger partial charge on any atom is -0.456 e. The molecule has 128 valence electrons. The molecule has 0 spiro atoms. The van der Waals surface area contributed by atoms with Gasteiger partial charge < -0.3 is 10.1 Å². The lowest BCUT2D eigenvalue weighted by atomic mass is 9.83. The Bertz CT molecular complexity index is 444. The summed E-state index contributed by atoms with van der Waals surface area (Å²) in [5, 5.41) is 12.1. The maximum absolute atomic E-state index is 11.9. The molecule has 5 heteroatoms. The van der Waals surface area contributed by atoms with Crippen LogP contribution in [0.15, 0.2) is 0 Å². The molecule has 0 aromatic carbocycles. The summed E-state index contributed by atoms with van der Waals surface area (Å²) >= 11 is 0. The van der Waals surface area contributed by atoms with Crippen LogP contribution in [-0.4, -0.2) is 24.0 Å². The van der Waals surface area contributed by atoms with E-state index in [-0.39, 0.29) is 18.5 Å². The van der Waals surface area contributed by atoms with Gasteiger partial charge in [0.15, 0.2) is 6.61 Å². The van der Waals surface area contributed by atoms with Gasteiger partial charge in [-0.2, -0.15) is 5.26 Å². The molecule has 23 heavy (non-hydrogen) atoms. The fourth-order valence-electron chi connectivity index (χ4n) is 3.74. The van der Waals surface area contributed by atoms with E-state index in [4.69, 9.17) is 4.74 Å². The summed E-state index contributed by atoms with van der Waals surface area (Å²) in [6.45, 7) is -0.271. The zero-order valence-electron chi connectivity index (χ0n) is 13.9. The molecule has 2 aliphatic rings. The number of hydrogen-bond donors (Lipinski definition) is 1. The second-order valence-electron chi connectivity index (χ2n) is 7.01. The van der Waals surface area contributed by atoms with E-state index in [1.165, 1.54) is 32.1 Å². The van der Waals surface area contributed by atoms with Crippen molar-refractivity contribution in [2.24, 2.45) is 5.92 Å². The van der Waals surface area contributed by atoms with Gasteiger partial charge in [-0.1, -0.05) is 51.4 Å². The molecule has 0 atom stereocenters. The predicted molar refractivity (Wildman–Crippen MR) is 86.3 cm³/mol. The van der Waals surface area contributed by atoms with E-state index in [0.717, 1.165) is 25.7 Å². The zero-order chi connectivity index (χ0) is 16.5. The minimum atomic E-state index is -0.760. The second kappa shape index (κ2) is 8.90. The van der Waals surface area contributed by atoms with Gasteiger partial charge in [0.25, 0.3) is 5.91 Å². The molecule has 0 aliphatic heterocycles. The number of carbonyl (C=O) groups is 2. The Balaban J connectivity index is 1.65. The quantitative estimate of drug-likeness (QED) is 0.762. The van der Waals surface area contributed by atoms with Crippen molar-refractivity contribution in [3.05, 3.63) is 0 Å². The van der Waals surface area contributed by atoms with Gasteiger partial charge in [0.2, 0.25) is 0 Å². The maximum Gasteiger partial charge on any atom is 0.306 e. The third-order valence-electron chi connectivity index (χ3n) is 5.15. The minimum absolute atomic E-state index is 0.271. The number of nitrogens with one attached hydrogen (secondary N) is 1. The van der Waals surface area contributed by atoms with Gasteiger partial charge in [-0.25, -0.2) is 0 Å². The highest BCUT2D eigenvalue weighted by molar-refractivity contribution is 5.81. The normalized spacial score (nSPS) is 21.2. The van der Waals surface area contributed by atoms with Crippen LogP contribution in [0.5, 0.6) is 0 Å². The van der Waals surface area contributed by atoms with Gasteiger partial charge in [-0.3, -0.25) is 9.59 Å². The summed E-state index contributed by atoms with van der Waals surface area (Å²) in [6, 6.07) is 2.23. The molecule has 0 aromatic heterocycles. The number of ether oxygens (including phenoxy) is 1. The number of hydrogen-bond acceptors (Lipinski definition) is 4. The van der Waals surface area contributed by atoms with Crippen molar-refractivity contribution in [3.8, 4) is 6.07 Å². The second-order valence-corrected chi connectivity index (χ2v) is 7.01. The Morgan fingerprint density at radius 1 is 1.09 bits per heavy atom. The molecule has 0 saturated heterocycles. The summed E-state index contributed by atoms with van der Waals surface area (Å²) < 4.78 is 5.07. The molecule has 0 bridgehead atoms. The highest BCUT2D eigenvalue weighted by atomic mass is 16.5. The summed E-state index contributed by atoms with van der Waals surface area (Å²) in [5.74, 6) is -0.0333. The van der Waals surface area contributed by atoms with Gasteiger partial charge in [-0.05, 0) is 25.2 Å². The lowest BCUT2D eigenvalue weighted by Crippen LogP contribution is -2.50. The Morgan fingerprint density at radius 3 is 2.39 bits per heavy atom. The number of carbonyl (C=O) groups excluding carboxylic acids is 2. The molecule has 1 amide bonds. The molecule has 0 heterocycles. The van der Waals surface area contributed by atoms with E-state index in [0.29, 0.717) is 25.2 Å². The Hall–Kier alpha value is -1.57. The number of amides is 1. The summed E-state index contributed by atoms with van der Waals surface area (Å²) in [5.41, 5.74) is -0.760. The van der Waals surface area contributed by atoms with E-state index in [2.05, 4.69) is 11.4 Å². The first-order chi connectivity index (χ1) is 11.1. The Labute approximate surface area is 138 Å². The predicted octanol–water partition coefficient (Wildman–Crippen LogP) is 3.23. The SMILES string of the molecule is N#CC1(NC(=O)COC(=O)CCC2CCCCC2)CCCCC1. The van der Waals surface area contributed by atoms with Gasteiger partial charge >= 0.3 is 5.97 Å². The van der Waals surface area contributed by atoms with Crippen LogP contribution in [0.2, 0.25) is 0 Å². The van der Waals surface area contributed by atoms with Crippen LogP contribution in [0.1, 0.15) is 77.0 Å².